The summed E-state index contributed by atoms with van der Waals surface area (Å²) in [4.78, 5) is 16.9. The van der Waals surface area contributed by atoms with Gasteiger partial charge >= 0.3 is 5.97 Å². The van der Waals surface area contributed by atoms with Gasteiger partial charge in [0, 0.05) is 5.70 Å². The van der Waals surface area contributed by atoms with E-state index in [9.17, 15) is 9.90 Å². The number of benzene rings is 1. The maximum Gasteiger partial charge on any atom is 0.338 e. The Morgan fingerprint density at radius 2 is 2.29 bits per heavy atom. The number of rotatable bonds is 4. The molecule has 1 aromatic carbocycles. The van der Waals surface area contributed by atoms with E-state index in [2.05, 4.69) is 15.4 Å². The number of thioether (sulfide) groups is 1. The minimum atomic E-state index is -0.513. The quantitative estimate of drug-likeness (QED) is 0.649. The van der Waals surface area contributed by atoms with Gasteiger partial charge in [0.1, 0.15) is 11.8 Å². The molecule has 1 aromatic heterocycles. The van der Waals surface area contributed by atoms with Crippen molar-refractivity contribution in [2.24, 2.45) is 0 Å². The van der Waals surface area contributed by atoms with E-state index >= 15 is 0 Å². The van der Waals surface area contributed by atoms with Gasteiger partial charge in [0.25, 0.3) is 0 Å². The van der Waals surface area contributed by atoms with Crippen molar-refractivity contribution in [1.82, 2.24) is 14.8 Å². The lowest BCUT2D eigenvalue weighted by Crippen LogP contribution is -2.29. The van der Waals surface area contributed by atoms with Gasteiger partial charge in [-0.25, -0.2) is 9.48 Å². The highest BCUT2D eigenvalue weighted by atomic mass is 32.2. The normalized spacial score (nSPS) is 16.5. The van der Waals surface area contributed by atoms with Crippen molar-refractivity contribution >= 4 is 23.7 Å². The third-order valence-electron chi connectivity index (χ3n) is 3.70. The number of hydrogen-bond acceptors (Lipinski definition) is 7. The molecule has 126 valence electrons. The van der Waals surface area contributed by atoms with Gasteiger partial charge in [0.2, 0.25) is 11.1 Å². The van der Waals surface area contributed by atoms with Crippen molar-refractivity contribution in [2.75, 3.05) is 18.2 Å². The second-order valence-corrected chi connectivity index (χ2v) is 6.02. The Balaban J connectivity index is 2.17. The Kier molecular flexibility index (Phi) is 4.48. The zero-order valence-electron chi connectivity index (χ0n) is 13.6. The topological polar surface area (TPSA) is 89.3 Å². The Hall–Kier alpha value is -2.48. The van der Waals surface area contributed by atoms with Crippen molar-refractivity contribution in [3.8, 4) is 5.75 Å². The van der Waals surface area contributed by atoms with Crippen LogP contribution in [-0.4, -0.2) is 38.7 Å². The zero-order chi connectivity index (χ0) is 17.3. The molecule has 0 radical (unpaired) electrons. The third kappa shape index (κ3) is 2.84. The fourth-order valence-corrected chi connectivity index (χ4v) is 3.04. The van der Waals surface area contributed by atoms with Crippen molar-refractivity contribution in [3.05, 3.63) is 41.1 Å². The summed E-state index contributed by atoms with van der Waals surface area (Å²) in [5.41, 5.74) is 1.85. The summed E-state index contributed by atoms with van der Waals surface area (Å²) in [5, 5.41) is 18.0. The van der Waals surface area contributed by atoms with Crippen LogP contribution in [-0.2, 0) is 9.53 Å². The number of aromatic nitrogens is 3. The third-order valence-corrected chi connectivity index (χ3v) is 4.24. The van der Waals surface area contributed by atoms with E-state index < -0.39 is 12.0 Å². The average Bonchev–Trinajstić information content (AvgIpc) is 2.96. The average molecular weight is 346 g/mol. The summed E-state index contributed by atoms with van der Waals surface area (Å²) in [5.74, 6) is 0.264. The fraction of sp³-hybridized carbons (Fsp3) is 0.312. The molecule has 8 heteroatoms. The number of phenols is 1. The lowest BCUT2D eigenvalue weighted by Gasteiger charge is -2.28. The summed E-state index contributed by atoms with van der Waals surface area (Å²) in [6.45, 7) is 3.85. The Labute approximate surface area is 143 Å². The van der Waals surface area contributed by atoms with Gasteiger partial charge < -0.3 is 15.2 Å². The number of nitrogens with one attached hydrogen (secondary N) is 1. The Bertz CT molecular complexity index is 815. The van der Waals surface area contributed by atoms with Crippen molar-refractivity contribution in [2.45, 2.75) is 25.0 Å². The fourth-order valence-electron chi connectivity index (χ4n) is 2.69. The molecule has 24 heavy (non-hydrogen) atoms. The molecular formula is C16H18N4O3S. The molecular weight excluding hydrogens is 328 g/mol. The number of ether oxygens (including phenoxy) is 1. The number of anilines is 1. The Morgan fingerprint density at radius 1 is 1.50 bits per heavy atom. The first kappa shape index (κ1) is 16.4. The van der Waals surface area contributed by atoms with E-state index in [1.165, 1.54) is 11.8 Å². The molecule has 2 heterocycles. The van der Waals surface area contributed by atoms with E-state index in [0.29, 0.717) is 22.4 Å². The van der Waals surface area contributed by atoms with Crippen LogP contribution < -0.4 is 5.32 Å². The monoisotopic (exact) mass is 346 g/mol. The number of allylic oxidation sites excluding steroid dienone is 1. The zero-order valence-corrected chi connectivity index (χ0v) is 14.4. The molecule has 7 nitrogen and oxygen atoms in total. The minimum Gasteiger partial charge on any atom is -0.508 e. The summed E-state index contributed by atoms with van der Waals surface area (Å²) in [6.07, 6.45) is 1.89. The first-order valence-electron chi connectivity index (χ1n) is 7.49. The van der Waals surface area contributed by atoms with E-state index in [1.54, 1.807) is 36.7 Å². The maximum absolute atomic E-state index is 12.5. The highest BCUT2D eigenvalue weighted by Crippen LogP contribution is 2.37. The van der Waals surface area contributed by atoms with Crippen LogP contribution in [0.2, 0.25) is 0 Å². The standard InChI is InChI=1S/C16H18N4O3S/c1-4-23-14(22)12-9(2)17-15-18-16(24-3)19-20(15)13(12)10-6-5-7-11(21)8-10/h5-8,13,21H,4H2,1-3H3,(H,17,18,19)/t13-/m1/s1. The minimum absolute atomic E-state index is 0.124. The second-order valence-electron chi connectivity index (χ2n) is 5.25. The summed E-state index contributed by atoms with van der Waals surface area (Å²) < 4.78 is 6.87. The van der Waals surface area contributed by atoms with E-state index in [-0.39, 0.29) is 12.4 Å². The van der Waals surface area contributed by atoms with E-state index in [1.807, 2.05) is 12.3 Å². The number of nitrogens with zero attached hydrogens (tertiary/aromatic N) is 3. The first-order chi connectivity index (χ1) is 11.5. The van der Waals surface area contributed by atoms with Crippen molar-refractivity contribution in [3.63, 3.8) is 0 Å². The van der Waals surface area contributed by atoms with Crippen LogP contribution in [0.4, 0.5) is 5.95 Å². The number of fused-ring (bicyclic) bond motifs is 1. The van der Waals surface area contributed by atoms with Crippen LogP contribution in [0.1, 0.15) is 25.5 Å². The number of phenolic OH excluding ortho intramolecular Hbond substituents is 1. The largest absolute Gasteiger partial charge is 0.508 e. The van der Waals surface area contributed by atoms with Gasteiger partial charge in [-0.05, 0) is 37.8 Å². The molecule has 0 spiro atoms. The molecule has 0 saturated heterocycles. The molecule has 0 unspecified atom stereocenters. The predicted molar refractivity (Wildman–Crippen MR) is 91.0 cm³/mol. The van der Waals surface area contributed by atoms with Crippen molar-refractivity contribution in [1.29, 1.82) is 0 Å². The first-order valence-corrected chi connectivity index (χ1v) is 8.72. The SMILES string of the molecule is CCOC(=O)C1=C(C)Nc2nc(SC)nn2[C@@H]1c1cccc(O)c1. The molecule has 0 saturated carbocycles. The molecule has 3 rings (SSSR count). The van der Waals surface area contributed by atoms with Gasteiger partial charge in [-0.2, -0.15) is 4.98 Å². The lowest BCUT2D eigenvalue weighted by atomic mass is 9.95. The van der Waals surface area contributed by atoms with E-state index in [4.69, 9.17) is 4.74 Å². The molecule has 1 atom stereocenters. The number of esters is 1. The highest BCUT2D eigenvalue weighted by Gasteiger charge is 2.35. The molecule has 2 aromatic rings. The van der Waals surface area contributed by atoms with Crippen LogP contribution >= 0.6 is 11.8 Å². The summed E-state index contributed by atoms with van der Waals surface area (Å²) in [6, 6.07) is 6.26. The van der Waals surface area contributed by atoms with Crippen LogP contribution in [0, 0.1) is 0 Å². The van der Waals surface area contributed by atoms with Gasteiger partial charge in [-0.3, -0.25) is 0 Å². The van der Waals surface area contributed by atoms with Crippen LogP contribution in [0.25, 0.3) is 0 Å². The van der Waals surface area contributed by atoms with Crippen LogP contribution in [0.3, 0.4) is 0 Å². The maximum atomic E-state index is 12.5. The molecule has 1 aliphatic rings. The highest BCUT2D eigenvalue weighted by molar-refractivity contribution is 7.98. The molecule has 0 aliphatic carbocycles. The van der Waals surface area contributed by atoms with Crippen LogP contribution in [0.5, 0.6) is 5.75 Å². The predicted octanol–water partition coefficient (Wildman–Crippen LogP) is 2.56. The molecule has 0 bridgehead atoms. The van der Waals surface area contributed by atoms with Gasteiger partial charge in [0.05, 0.1) is 12.2 Å². The number of carbonyl (C=O) groups is 1. The number of aromatic hydroxyl groups is 1. The van der Waals surface area contributed by atoms with E-state index in [0.717, 1.165) is 5.56 Å². The smallest absolute Gasteiger partial charge is 0.338 e. The van der Waals surface area contributed by atoms with Crippen molar-refractivity contribution < 1.29 is 14.6 Å². The van der Waals surface area contributed by atoms with Crippen LogP contribution in [0.15, 0.2) is 40.7 Å². The molecule has 0 fully saturated rings. The molecule has 1 aliphatic heterocycles. The van der Waals surface area contributed by atoms with Gasteiger partial charge in [-0.15, -0.1) is 5.10 Å². The molecule has 2 N–H and O–H groups in total. The summed E-state index contributed by atoms with van der Waals surface area (Å²) >= 11 is 1.42. The second kappa shape index (κ2) is 6.56. The molecule has 0 amide bonds. The number of hydrogen-bond donors (Lipinski definition) is 2. The summed E-state index contributed by atoms with van der Waals surface area (Å²) in [7, 11) is 0. The van der Waals surface area contributed by atoms with Gasteiger partial charge in [0.15, 0.2) is 0 Å². The lowest BCUT2D eigenvalue weighted by molar-refractivity contribution is -0.139. The number of carbonyl (C=O) groups excluding carboxylic acids is 1. The van der Waals surface area contributed by atoms with Gasteiger partial charge in [-0.1, -0.05) is 23.9 Å². The Morgan fingerprint density at radius 3 is 2.96 bits per heavy atom.